The molecule has 78 valence electrons. The van der Waals surface area contributed by atoms with Crippen LogP contribution in [0.5, 0.6) is 0 Å². The third kappa shape index (κ3) is 0.917. The van der Waals surface area contributed by atoms with Gasteiger partial charge in [-0.15, -0.1) is 0 Å². The van der Waals surface area contributed by atoms with Crippen LogP contribution in [-0.4, -0.2) is 42.3 Å². The lowest BCUT2D eigenvalue weighted by molar-refractivity contribution is -0.157. The molecule has 2 saturated heterocycles. The first kappa shape index (κ1) is 9.64. The Labute approximate surface area is 83.5 Å². The van der Waals surface area contributed by atoms with Crippen LogP contribution in [-0.2, 0) is 20.4 Å². The van der Waals surface area contributed by atoms with E-state index in [4.69, 9.17) is 5.11 Å². The first-order valence-corrected chi connectivity index (χ1v) is 5.53. The van der Waals surface area contributed by atoms with Crippen LogP contribution in [0.3, 0.4) is 0 Å². The highest BCUT2D eigenvalue weighted by Gasteiger charge is 2.63. The quantitative estimate of drug-likeness (QED) is 0.603. The van der Waals surface area contributed by atoms with Gasteiger partial charge in [-0.2, -0.15) is 0 Å². The molecule has 2 aliphatic rings. The Morgan fingerprint density at radius 2 is 2.21 bits per heavy atom. The summed E-state index contributed by atoms with van der Waals surface area (Å²) >= 11 is 0. The maximum atomic E-state index is 11.8. The van der Waals surface area contributed by atoms with Crippen molar-refractivity contribution in [1.82, 2.24) is 4.90 Å². The predicted octanol–water partition coefficient (Wildman–Crippen LogP) is -0.461. The van der Waals surface area contributed by atoms with Gasteiger partial charge in [0.1, 0.15) is 11.4 Å². The number of β-lactam (4-membered cyclic amide) rings is 1. The van der Waals surface area contributed by atoms with Gasteiger partial charge in [0.25, 0.3) is 0 Å². The predicted molar refractivity (Wildman–Crippen MR) is 48.9 cm³/mol. The largest absolute Gasteiger partial charge is 0.480 e. The van der Waals surface area contributed by atoms with Crippen LogP contribution in [0.15, 0.2) is 0 Å². The van der Waals surface area contributed by atoms with Crippen molar-refractivity contribution in [3.8, 4) is 0 Å². The van der Waals surface area contributed by atoms with Gasteiger partial charge < -0.3 is 10.0 Å². The summed E-state index contributed by atoms with van der Waals surface area (Å²) < 4.78 is 11.0. The number of amides is 1. The summed E-state index contributed by atoms with van der Waals surface area (Å²) in [7, 11) is -1.27. The van der Waals surface area contributed by atoms with Gasteiger partial charge in [-0.1, -0.05) is 0 Å². The standard InChI is InChI=1S/C8H11NO4S/c1-8(2)6(7(11)12)9-4(10)3-5(9)14(8)13/h5-6H,3H2,1-2H3,(H,11,12). The summed E-state index contributed by atoms with van der Waals surface area (Å²) in [5.74, 6) is -1.28. The van der Waals surface area contributed by atoms with E-state index in [-0.39, 0.29) is 17.7 Å². The molecule has 0 aliphatic carbocycles. The second-order valence-electron chi connectivity index (χ2n) is 4.10. The number of hydrogen-bond donors (Lipinski definition) is 1. The van der Waals surface area contributed by atoms with Gasteiger partial charge in [-0.25, -0.2) is 4.79 Å². The van der Waals surface area contributed by atoms with Crippen LogP contribution in [0.4, 0.5) is 0 Å². The van der Waals surface area contributed by atoms with E-state index in [0.717, 1.165) is 0 Å². The number of nitrogens with zero attached hydrogens (tertiary/aromatic N) is 1. The molecule has 0 spiro atoms. The van der Waals surface area contributed by atoms with Crippen molar-refractivity contribution in [1.29, 1.82) is 0 Å². The molecule has 6 heteroatoms. The van der Waals surface area contributed by atoms with Crippen LogP contribution >= 0.6 is 0 Å². The average molecular weight is 217 g/mol. The molecule has 0 aromatic heterocycles. The fourth-order valence-corrected chi connectivity index (χ4v) is 3.98. The van der Waals surface area contributed by atoms with Crippen molar-refractivity contribution in [2.24, 2.45) is 0 Å². The van der Waals surface area contributed by atoms with Crippen LogP contribution in [0.2, 0.25) is 0 Å². The minimum atomic E-state index is -1.27. The first-order valence-electron chi connectivity index (χ1n) is 4.32. The Kier molecular flexibility index (Phi) is 1.76. The normalized spacial score (nSPS) is 39.1. The molecule has 0 aromatic carbocycles. The summed E-state index contributed by atoms with van der Waals surface area (Å²) in [5, 5.41) is 8.60. The summed E-state index contributed by atoms with van der Waals surface area (Å²) in [6, 6.07) is -0.936. The zero-order chi connectivity index (χ0) is 10.7. The van der Waals surface area contributed by atoms with Gasteiger partial charge in [0.2, 0.25) is 5.91 Å². The van der Waals surface area contributed by atoms with Gasteiger partial charge >= 0.3 is 5.97 Å². The topological polar surface area (TPSA) is 74.7 Å². The maximum absolute atomic E-state index is 11.8. The monoisotopic (exact) mass is 217 g/mol. The highest BCUT2D eigenvalue weighted by molar-refractivity contribution is 7.87. The Balaban J connectivity index is 2.43. The third-order valence-electron chi connectivity index (χ3n) is 2.88. The van der Waals surface area contributed by atoms with Gasteiger partial charge in [0, 0.05) is 0 Å². The third-order valence-corrected chi connectivity index (χ3v) is 5.03. The summed E-state index contributed by atoms with van der Waals surface area (Å²) in [5.41, 5.74) is 0. The van der Waals surface area contributed by atoms with Crippen LogP contribution in [0.1, 0.15) is 20.3 Å². The van der Waals surface area contributed by atoms with Gasteiger partial charge in [0.15, 0.2) is 0 Å². The molecule has 1 N–H and O–H groups in total. The van der Waals surface area contributed by atoms with Crippen molar-refractivity contribution in [3.05, 3.63) is 0 Å². The highest BCUT2D eigenvalue weighted by Crippen LogP contribution is 2.42. The molecule has 14 heavy (non-hydrogen) atoms. The lowest BCUT2D eigenvalue weighted by atomic mass is 9.98. The fraction of sp³-hybridized carbons (Fsp3) is 0.750. The Morgan fingerprint density at radius 3 is 2.57 bits per heavy atom. The van der Waals surface area contributed by atoms with E-state index in [1.54, 1.807) is 13.8 Å². The van der Waals surface area contributed by atoms with Crippen molar-refractivity contribution < 1.29 is 18.9 Å². The van der Waals surface area contributed by atoms with Crippen molar-refractivity contribution in [3.63, 3.8) is 0 Å². The van der Waals surface area contributed by atoms with Crippen molar-refractivity contribution in [2.75, 3.05) is 0 Å². The summed E-state index contributed by atoms with van der Waals surface area (Å²) in [6.45, 7) is 3.26. The smallest absolute Gasteiger partial charge is 0.327 e. The summed E-state index contributed by atoms with van der Waals surface area (Å²) in [6.07, 6.45) is 0.222. The molecular formula is C8H11NO4S. The number of fused-ring (bicyclic) bond motifs is 1. The molecule has 2 rings (SSSR count). The molecule has 0 bridgehead atoms. The van der Waals surface area contributed by atoms with E-state index >= 15 is 0 Å². The van der Waals surface area contributed by atoms with Crippen molar-refractivity contribution >= 4 is 22.7 Å². The lowest BCUT2D eigenvalue weighted by Crippen LogP contribution is -2.56. The number of carbonyl (C=O) groups excluding carboxylic acids is 1. The number of carboxylic acids is 1. The average Bonchev–Trinajstić information content (AvgIpc) is 2.21. The first-order chi connectivity index (χ1) is 6.37. The Bertz CT molecular complexity index is 351. The molecule has 0 saturated carbocycles. The van der Waals surface area contributed by atoms with E-state index in [9.17, 15) is 13.8 Å². The molecule has 2 fully saturated rings. The molecule has 1 amide bonds. The van der Waals surface area contributed by atoms with E-state index in [1.807, 2.05) is 0 Å². The molecule has 2 aliphatic heterocycles. The van der Waals surface area contributed by atoms with E-state index in [2.05, 4.69) is 0 Å². The number of aliphatic carboxylic acids is 1. The highest BCUT2D eigenvalue weighted by atomic mass is 32.2. The second kappa shape index (κ2) is 2.56. The van der Waals surface area contributed by atoms with Gasteiger partial charge in [-0.3, -0.25) is 9.00 Å². The van der Waals surface area contributed by atoms with Gasteiger partial charge in [0.05, 0.1) is 22.0 Å². The molecule has 2 heterocycles. The van der Waals surface area contributed by atoms with Crippen LogP contribution in [0, 0.1) is 0 Å². The zero-order valence-electron chi connectivity index (χ0n) is 7.89. The van der Waals surface area contributed by atoms with Gasteiger partial charge in [-0.05, 0) is 13.8 Å². The number of hydrogen-bond acceptors (Lipinski definition) is 3. The van der Waals surface area contributed by atoms with Crippen LogP contribution < -0.4 is 0 Å². The molecule has 3 unspecified atom stereocenters. The minimum Gasteiger partial charge on any atom is -0.480 e. The SMILES string of the molecule is CC1(C)C(C(=O)O)N2C(=O)CC2S1=O. The van der Waals surface area contributed by atoms with Crippen molar-refractivity contribution in [2.45, 2.75) is 36.4 Å². The number of rotatable bonds is 1. The van der Waals surface area contributed by atoms with E-state index < -0.39 is 27.6 Å². The molecule has 3 atom stereocenters. The Hall–Kier alpha value is -0.910. The molecular weight excluding hydrogens is 206 g/mol. The fourth-order valence-electron chi connectivity index (χ4n) is 2.10. The summed E-state index contributed by atoms with van der Waals surface area (Å²) in [4.78, 5) is 23.4. The molecule has 0 radical (unpaired) electrons. The molecule has 0 aromatic rings. The molecule has 5 nitrogen and oxygen atoms in total. The lowest BCUT2D eigenvalue weighted by Gasteiger charge is -2.35. The van der Waals surface area contributed by atoms with Crippen LogP contribution in [0.25, 0.3) is 0 Å². The zero-order valence-corrected chi connectivity index (χ0v) is 8.71. The second-order valence-corrected chi connectivity index (χ2v) is 6.29. The Morgan fingerprint density at radius 1 is 1.64 bits per heavy atom. The van der Waals surface area contributed by atoms with E-state index in [0.29, 0.717) is 0 Å². The number of carbonyl (C=O) groups is 2. The minimum absolute atomic E-state index is 0.207. The number of carboxylic acid groups (broad SMARTS) is 1. The van der Waals surface area contributed by atoms with E-state index in [1.165, 1.54) is 4.90 Å². The maximum Gasteiger partial charge on any atom is 0.327 e.